The molecule has 0 spiro atoms. The first-order chi connectivity index (χ1) is 12.9. The number of rotatable bonds is 6. The molecular formula is C21H30N4O2. The maximum absolute atomic E-state index is 12.6. The van der Waals surface area contributed by atoms with Crippen molar-refractivity contribution >= 4 is 11.6 Å². The van der Waals surface area contributed by atoms with Gasteiger partial charge in [-0.25, -0.2) is 0 Å². The Labute approximate surface area is 161 Å². The summed E-state index contributed by atoms with van der Waals surface area (Å²) in [5, 5.41) is 7.10. The molecular weight excluding hydrogens is 340 g/mol. The van der Waals surface area contributed by atoms with Gasteiger partial charge in [-0.05, 0) is 37.5 Å². The molecule has 1 aromatic carbocycles. The molecule has 146 valence electrons. The molecule has 6 nitrogen and oxygen atoms in total. The van der Waals surface area contributed by atoms with Gasteiger partial charge >= 0.3 is 0 Å². The molecule has 2 heterocycles. The minimum atomic E-state index is -0.147. The molecule has 1 fully saturated rings. The highest BCUT2D eigenvalue weighted by molar-refractivity contribution is 5.94. The molecule has 1 amide bonds. The lowest BCUT2D eigenvalue weighted by Gasteiger charge is -2.37. The van der Waals surface area contributed by atoms with Crippen molar-refractivity contribution in [3.8, 4) is 0 Å². The lowest BCUT2D eigenvalue weighted by atomic mass is 10.0. The number of aryl methyl sites for hydroxylation is 1. The average Bonchev–Trinajstić information content (AvgIpc) is 3.07. The maximum Gasteiger partial charge on any atom is 0.241 e. The number of carbonyl (C=O) groups excluding carboxylic acids is 1. The van der Waals surface area contributed by atoms with Crippen LogP contribution in [0.15, 0.2) is 34.9 Å². The van der Waals surface area contributed by atoms with Crippen LogP contribution in [0.4, 0.5) is 5.69 Å². The number of carbonyl (C=O) groups is 1. The third-order valence-corrected chi connectivity index (χ3v) is 5.24. The van der Waals surface area contributed by atoms with Crippen LogP contribution in [-0.4, -0.2) is 53.1 Å². The van der Waals surface area contributed by atoms with Gasteiger partial charge in [0.25, 0.3) is 0 Å². The van der Waals surface area contributed by atoms with Crippen molar-refractivity contribution in [1.29, 1.82) is 0 Å². The van der Waals surface area contributed by atoms with E-state index in [1.165, 1.54) is 5.56 Å². The van der Waals surface area contributed by atoms with Crippen LogP contribution >= 0.6 is 0 Å². The second-order valence-corrected chi connectivity index (χ2v) is 7.68. The summed E-state index contributed by atoms with van der Waals surface area (Å²) in [7, 11) is 0. The number of nitrogens with one attached hydrogen (secondary N) is 1. The van der Waals surface area contributed by atoms with E-state index in [4.69, 9.17) is 4.52 Å². The summed E-state index contributed by atoms with van der Waals surface area (Å²) >= 11 is 0. The number of hydrogen-bond donors (Lipinski definition) is 1. The van der Waals surface area contributed by atoms with Crippen LogP contribution in [0.5, 0.6) is 0 Å². The van der Waals surface area contributed by atoms with Gasteiger partial charge in [0, 0.05) is 44.5 Å². The van der Waals surface area contributed by atoms with Gasteiger partial charge in [-0.1, -0.05) is 31.1 Å². The quantitative estimate of drug-likeness (QED) is 0.846. The zero-order chi connectivity index (χ0) is 19.4. The number of hydrogen-bond acceptors (Lipinski definition) is 5. The predicted molar refractivity (Wildman–Crippen MR) is 107 cm³/mol. The fourth-order valence-electron chi connectivity index (χ4n) is 3.39. The highest BCUT2D eigenvalue weighted by Crippen LogP contribution is 2.18. The normalized spacial score (nSPS) is 17.2. The van der Waals surface area contributed by atoms with Crippen LogP contribution in [0, 0.1) is 6.92 Å². The minimum absolute atomic E-state index is 0.0490. The van der Waals surface area contributed by atoms with E-state index >= 15 is 0 Å². The second kappa shape index (κ2) is 8.67. The summed E-state index contributed by atoms with van der Waals surface area (Å²) in [5.74, 6) is 1.38. The Morgan fingerprint density at radius 2 is 1.81 bits per heavy atom. The number of aromatic nitrogens is 1. The molecule has 0 aliphatic carbocycles. The van der Waals surface area contributed by atoms with Gasteiger partial charge in [0.1, 0.15) is 5.76 Å². The zero-order valence-electron chi connectivity index (χ0n) is 16.7. The van der Waals surface area contributed by atoms with E-state index in [9.17, 15) is 4.79 Å². The SMILES string of the molecule is Cc1cc(CN2CCN([C@@H](C)C(=O)Nc3ccc(C(C)C)cc3)CC2)no1. The Morgan fingerprint density at radius 1 is 1.15 bits per heavy atom. The molecule has 1 aliphatic heterocycles. The van der Waals surface area contributed by atoms with Crippen LogP contribution in [0.1, 0.15) is 43.7 Å². The lowest BCUT2D eigenvalue weighted by molar-refractivity contribution is -0.121. The molecule has 3 rings (SSSR count). The number of nitrogens with zero attached hydrogens (tertiary/aromatic N) is 3. The Balaban J connectivity index is 1.47. The first kappa shape index (κ1) is 19.6. The molecule has 1 atom stereocenters. The molecule has 1 N–H and O–H groups in total. The highest BCUT2D eigenvalue weighted by Gasteiger charge is 2.26. The van der Waals surface area contributed by atoms with Crippen molar-refractivity contribution in [2.75, 3.05) is 31.5 Å². The Kier molecular flexibility index (Phi) is 6.29. The van der Waals surface area contributed by atoms with Crippen LogP contribution in [0.2, 0.25) is 0 Å². The van der Waals surface area contributed by atoms with Crippen molar-refractivity contribution in [1.82, 2.24) is 15.0 Å². The predicted octanol–water partition coefficient (Wildman–Crippen LogP) is 3.25. The second-order valence-electron chi connectivity index (χ2n) is 7.68. The Bertz CT molecular complexity index is 746. The largest absolute Gasteiger partial charge is 0.361 e. The van der Waals surface area contributed by atoms with Crippen LogP contribution in [-0.2, 0) is 11.3 Å². The molecule has 27 heavy (non-hydrogen) atoms. The summed E-state index contributed by atoms with van der Waals surface area (Å²) in [6.07, 6.45) is 0. The molecule has 1 saturated heterocycles. The highest BCUT2D eigenvalue weighted by atomic mass is 16.5. The minimum Gasteiger partial charge on any atom is -0.361 e. The Morgan fingerprint density at radius 3 is 2.37 bits per heavy atom. The first-order valence-electron chi connectivity index (χ1n) is 9.72. The van der Waals surface area contributed by atoms with E-state index in [-0.39, 0.29) is 11.9 Å². The number of piperazine rings is 1. The van der Waals surface area contributed by atoms with E-state index in [1.807, 2.05) is 32.0 Å². The Hall–Kier alpha value is -2.18. The van der Waals surface area contributed by atoms with Crippen LogP contribution < -0.4 is 5.32 Å². The molecule has 2 aromatic rings. The smallest absolute Gasteiger partial charge is 0.241 e. The summed E-state index contributed by atoms with van der Waals surface area (Å²) in [4.78, 5) is 17.2. The van der Waals surface area contributed by atoms with Gasteiger partial charge in [-0.3, -0.25) is 14.6 Å². The molecule has 1 aliphatic rings. The van der Waals surface area contributed by atoms with Gasteiger partial charge < -0.3 is 9.84 Å². The first-order valence-corrected chi connectivity index (χ1v) is 9.72. The van der Waals surface area contributed by atoms with Gasteiger partial charge in [0.05, 0.1) is 11.7 Å². The lowest BCUT2D eigenvalue weighted by Crippen LogP contribution is -2.52. The summed E-state index contributed by atoms with van der Waals surface area (Å²) in [5.41, 5.74) is 3.10. The van der Waals surface area contributed by atoms with Gasteiger partial charge in [-0.15, -0.1) is 0 Å². The third-order valence-electron chi connectivity index (χ3n) is 5.24. The van der Waals surface area contributed by atoms with Crippen molar-refractivity contribution in [2.24, 2.45) is 0 Å². The molecule has 0 saturated carbocycles. The van der Waals surface area contributed by atoms with Crippen molar-refractivity contribution in [3.05, 3.63) is 47.3 Å². The molecule has 1 aromatic heterocycles. The van der Waals surface area contributed by atoms with Crippen LogP contribution in [0.25, 0.3) is 0 Å². The van der Waals surface area contributed by atoms with Gasteiger partial charge in [0.15, 0.2) is 0 Å². The van der Waals surface area contributed by atoms with E-state index in [1.54, 1.807) is 0 Å². The maximum atomic E-state index is 12.6. The fourth-order valence-corrected chi connectivity index (χ4v) is 3.39. The van der Waals surface area contributed by atoms with Crippen LogP contribution in [0.3, 0.4) is 0 Å². The fraction of sp³-hybridized carbons (Fsp3) is 0.524. The van der Waals surface area contributed by atoms with E-state index in [0.29, 0.717) is 5.92 Å². The van der Waals surface area contributed by atoms with E-state index in [0.717, 1.165) is 49.9 Å². The average molecular weight is 370 g/mol. The van der Waals surface area contributed by atoms with Crippen molar-refractivity contribution in [2.45, 2.75) is 46.2 Å². The number of benzene rings is 1. The topological polar surface area (TPSA) is 61.6 Å². The molecule has 0 bridgehead atoms. The van der Waals surface area contributed by atoms with Crippen molar-refractivity contribution in [3.63, 3.8) is 0 Å². The molecule has 6 heteroatoms. The summed E-state index contributed by atoms with van der Waals surface area (Å²) < 4.78 is 5.13. The van der Waals surface area contributed by atoms with E-state index < -0.39 is 0 Å². The summed E-state index contributed by atoms with van der Waals surface area (Å²) in [6.45, 7) is 12.6. The van der Waals surface area contributed by atoms with E-state index in [2.05, 4.69) is 46.3 Å². The third kappa shape index (κ3) is 5.17. The van der Waals surface area contributed by atoms with Gasteiger partial charge in [-0.2, -0.15) is 0 Å². The van der Waals surface area contributed by atoms with Crippen molar-refractivity contribution < 1.29 is 9.32 Å². The molecule has 0 radical (unpaired) electrons. The number of amides is 1. The molecule has 0 unspecified atom stereocenters. The number of anilines is 1. The summed E-state index contributed by atoms with van der Waals surface area (Å²) in [6, 6.07) is 9.96. The zero-order valence-corrected chi connectivity index (χ0v) is 16.7. The standard InChI is InChI=1S/C21H30N4O2/c1-15(2)18-5-7-19(8-6-18)22-21(26)17(4)25-11-9-24(10-12-25)14-20-13-16(3)27-23-20/h5-8,13,15,17H,9-12,14H2,1-4H3,(H,22,26)/t17-/m0/s1. The monoisotopic (exact) mass is 370 g/mol. The van der Waals surface area contributed by atoms with Gasteiger partial charge in [0.2, 0.25) is 5.91 Å².